The summed E-state index contributed by atoms with van der Waals surface area (Å²) in [6.07, 6.45) is 0.279. The van der Waals surface area contributed by atoms with Gasteiger partial charge in [0, 0.05) is 0 Å². The monoisotopic (exact) mass is 353 g/mol. The fourth-order valence-electron chi connectivity index (χ4n) is 3.18. The molecule has 0 spiro atoms. The second-order valence-electron chi connectivity index (χ2n) is 7.44. The molecule has 2 aromatic carbocycles. The number of rotatable bonds is 5. The summed E-state index contributed by atoms with van der Waals surface area (Å²) < 4.78 is 11.7. The van der Waals surface area contributed by atoms with Crippen molar-refractivity contribution < 1.29 is 14.3 Å². The highest BCUT2D eigenvalue weighted by atomic mass is 16.5. The minimum absolute atomic E-state index is 0.0809. The number of aryl methyl sites for hydroxylation is 1. The molecule has 0 bridgehead atoms. The van der Waals surface area contributed by atoms with Crippen molar-refractivity contribution in [3.63, 3.8) is 0 Å². The molecule has 26 heavy (non-hydrogen) atoms. The predicted molar refractivity (Wildman–Crippen MR) is 102 cm³/mol. The van der Waals surface area contributed by atoms with Crippen molar-refractivity contribution in [3.05, 3.63) is 65.7 Å². The Morgan fingerprint density at radius 1 is 1.15 bits per heavy atom. The SMILES string of the molecule is Cc1ccc(C2CN(C(=O)CCOc3ccccc3)C(C)(C)CO2)cc1. The molecule has 0 radical (unpaired) electrons. The molecular weight excluding hydrogens is 326 g/mol. The van der Waals surface area contributed by atoms with Crippen LogP contribution in [0.3, 0.4) is 0 Å². The third kappa shape index (κ3) is 4.44. The van der Waals surface area contributed by atoms with E-state index in [1.165, 1.54) is 5.56 Å². The van der Waals surface area contributed by atoms with E-state index in [-0.39, 0.29) is 17.6 Å². The highest BCUT2D eigenvalue weighted by molar-refractivity contribution is 5.77. The van der Waals surface area contributed by atoms with Crippen LogP contribution in [0.5, 0.6) is 5.75 Å². The van der Waals surface area contributed by atoms with Crippen molar-refractivity contribution >= 4 is 5.91 Å². The van der Waals surface area contributed by atoms with Gasteiger partial charge in [0.25, 0.3) is 0 Å². The zero-order valence-electron chi connectivity index (χ0n) is 15.8. The van der Waals surface area contributed by atoms with E-state index in [1.807, 2.05) is 49.1 Å². The first-order valence-electron chi connectivity index (χ1n) is 9.12. The summed E-state index contributed by atoms with van der Waals surface area (Å²) >= 11 is 0. The van der Waals surface area contributed by atoms with Crippen LogP contribution in [-0.4, -0.2) is 36.1 Å². The molecule has 138 valence electrons. The highest BCUT2D eigenvalue weighted by Crippen LogP contribution is 2.31. The normalized spacial score (nSPS) is 19.2. The molecule has 4 nitrogen and oxygen atoms in total. The summed E-state index contributed by atoms with van der Waals surface area (Å²) in [6, 6.07) is 17.9. The van der Waals surface area contributed by atoms with Gasteiger partial charge in [-0.05, 0) is 38.5 Å². The lowest BCUT2D eigenvalue weighted by atomic mass is 9.97. The molecule has 1 unspecified atom stereocenters. The Kier molecular flexibility index (Phi) is 5.62. The molecule has 2 aromatic rings. The number of carbonyl (C=O) groups excluding carboxylic acids is 1. The van der Waals surface area contributed by atoms with Gasteiger partial charge in [-0.3, -0.25) is 4.79 Å². The van der Waals surface area contributed by atoms with E-state index in [0.29, 0.717) is 26.2 Å². The molecule has 3 rings (SSSR count). The van der Waals surface area contributed by atoms with Gasteiger partial charge in [0.15, 0.2) is 0 Å². The minimum atomic E-state index is -0.314. The lowest BCUT2D eigenvalue weighted by molar-refractivity contribution is -0.155. The standard InChI is InChI=1S/C22H27NO3/c1-17-9-11-18(12-10-17)20-15-23(22(2,3)16-26-20)21(24)13-14-25-19-7-5-4-6-8-19/h4-12,20H,13-16H2,1-3H3. The van der Waals surface area contributed by atoms with E-state index >= 15 is 0 Å². The number of amides is 1. The quantitative estimate of drug-likeness (QED) is 0.811. The largest absolute Gasteiger partial charge is 0.493 e. The summed E-state index contributed by atoms with van der Waals surface area (Å²) in [7, 11) is 0. The maximum absolute atomic E-state index is 12.8. The number of para-hydroxylation sites is 1. The zero-order valence-corrected chi connectivity index (χ0v) is 15.8. The fraction of sp³-hybridized carbons (Fsp3) is 0.409. The van der Waals surface area contributed by atoms with Gasteiger partial charge in [0.05, 0.1) is 31.7 Å². The molecule has 1 heterocycles. The van der Waals surface area contributed by atoms with Crippen LogP contribution >= 0.6 is 0 Å². The molecule has 0 aliphatic carbocycles. The Hall–Kier alpha value is -2.33. The number of carbonyl (C=O) groups is 1. The van der Waals surface area contributed by atoms with Crippen LogP contribution in [0.15, 0.2) is 54.6 Å². The molecule has 1 atom stereocenters. The van der Waals surface area contributed by atoms with Crippen molar-refractivity contribution in [2.45, 2.75) is 38.8 Å². The first-order chi connectivity index (χ1) is 12.5. The van der Waals surface area contributed by atoms with Crippen molar-refractivity contribution in [3.8, 4) is 5.75 Å². The Morgan fingerprint density at radius 3 is 2.54 bits per heavy atom. The average molecular weight is 353 g/mol. The smallest absolute Gasteiger partial charge is 0.226 e. The molecule has 0 N–H and O–H groups in total. The lowest BCUT2D eigenvalue weighted by Crippen LogP contribution is -2.56. The second kappa shape index (κ2) is 7.92. The van der Waals surface area contributed by atoms with Gasteiger partial charge in [-0.25, -0.2) is 0 Å². The molecular formula is C22H27NO3. The number of hydrogen-bond donors (Lipinski definition) is 0. The fourth-order valence-corrected chi connectivity index (χ4v) is 3.18. The first-order valence-corrected chi connectivity index (χ1v) is 9.12. The molecule has 0 saturated carbocycles. The van der Waals surface area contributed by atoms with E-state index in [0.717, 1.165) is 11.3 Å². The lowest BCUT2D eigenvalue weighted by Gasteiger charge is -2.45. The van der Waals surface area contributed by atoms with Crippen molar-refractivity contribution in [2.75, 3.05) is 19.8 Å². The summed E-state index contributed by atoms with van der Waals surface area (Å²) in [6.45, 7) is 7.64. The maximum atomic E-state index is 12.8. The van der Waals surface area contributed by atoms with Gasteiger partial charge in [0.1, 0.15) is 11.9 Å². The summed E-state index contributed by atoms with van der Waals surface area (Å²) in [5, 5.41) is 0. The van der Waals surface area contributed by atoms with Gasteiger partial charge in [-0.15, -0.1) is 0 Å². The van der Waals surface area contributed by atoms with E-state index in [2.05, 4.69) is 31.2 Å². The maximum Gasteiger partial charge on any atom is 0.226 e. The van der Waals surface area contributed by atoms with Crippen LogP contribution in [0.2, 0.25) is 0 Å². The molecule has 0 aromatic heterocycles. The number of nitrogens with zero attached hydrogens (tertiary/aromatic N) is 1. The van der Waals surface area contributed by atoms with Gasteiger partial charge < -0.3 is 14.4 Å². The van der Waals surface area contributed by atoms with Crippen LogP contribution in [0.4, 0.5) is 0 Å². The molecule has 1 amide bonds. The van der Waals surface area contributed by atoms with Crippen LogP contribution in [-0.2, 0) is 9.53 Å². The van der Waals surface area contributed by atoms with Crippen molar-refractivity contribution in [2.24, 2.45) is 0 Å². The third-order valence-electron chi connectivity index (χ3n) is 4.79. The number of benzene rings is 2. The number of morpholine rings is 1. The molecule has 1 fully saturated rings. The summed E-state index contributed by atoms with van der Waals surface area (Å²) in [5.74, 6) is 0.894. The van der Waals surface area contributed by atoms with E-state index in [4.69, 9.17) is 9.47 Å². The zero-order chi connectivity index (χ0) is 18.6. The predicted octanol–water partition coefficient (Wildman–Crippen LogP) is 4.14. The van der Waals surface area contributed by atoms with Crippen LogP contribution in [0.25, 0.3) is 0 Å². The van der Waals surface area contributed by atoms with E-state index in [9.17, 15) is 4.79 Å². The first kappa shape index (κ1) is 18.5. The minimum Gasteiger partial charge on any atom is -0.493 e. The number of ether oxygens (including phenoxy) is 2. The van der Waals surface area contributed by atoms with Gasteiger partial charge in [0.2, 0.25) is 5.91 Å². The van der Waals surface area contributed by atoms with Crippen LogP contribution < -0.4 is 4.74 Å². The molecule has 1 saturated heterocycles. The van der Waals surface area contributed by atoms with Crippen LogP contribution in [0.1, 0.15) is 37.5 Å². The van der Waals surface area contributed by atoms with Crippen molar-refractivity contribution in [1.82, 2.24) is 4.90 Å². The average Bonchev–Trinajstić information content (AvgIpc) is 2.63. The summed E-state index contributed by atoms with van der Waals surface area (Å²) in [5.41, 5.74) is 2.02. The summed E-state index contributed by atoms with van der Waals surface area (Å²) in [4.78, 5) is 14.8. The third-order valence-corrected chi connectivity index (χ3v) is 4.79. The topological polar surface area (TPSA) is 38.8 Å². The number of hydrogen-bond acceptors (Lipinski definition) is 3. The second-order valence-corrected chi connectivity index (χ2v) is 7.44. The van der Waals surface area contributed by atoms with Gasteiger partial charge in [-0.1, -0.05) is 48.0 Å². The Bertz CT molecular complexity index is 725. The Balaban J connectivity index is 1.61. The van der Waals surface area contributed by atoms with Crippen LogP contribution in [0, 0.1) is 6.92 Å². The van der Waals surface area contributed by atoms with E-state index in [1.54, 1.807) is 0 Å². The van der Waals surface area contributed by atoms with E-state index < -0.39 is 0 Å². The van der Waals surface area contributed by atoms with Crippen molar-refractivity contribution in [1.29, 1.82) is 0 Å². The molecule has 4 heteroatoms. The molecule has 1 aliphatic heterocycles. The Morgan fingerprint density at radius 2 is 1.85 bits per heavy atom. The molecule has 1 aliphatic rings. The Labute approximate surface area is 155 Å². The van der Waals surface area contributed by atoms with Gasteiger partial charge >= 0.3 is 0 Å². The van der Waals surface area contributed by atoms with Gasteiger partial charge in [-0.2, -0.15) is 0 Å². The highest BCUT2D eigenvalue weighted by Gasteiger charge is 2.38.